The Labute approximate surface area is 156 Å². The van der Waals surface area contributed by atoms with Crippen LogP contribution in [0.4, 0.5) is 11.5 Å². The fourth-order valence-electron chi connectivity index (χ4n) is 3.48. The van der Waals surface area contributed by atoms with Crippen LogP contribution in [0.25, 0.3) is 10.2 Å². The summed E-state index contributed by atoms with van der Waals surface area (Å²) in [5, 5.41) is 9.80. The quantitative estimate of drug-likeness (QED) is 0.803. The molecular formula is C16H19N3O5S2. The number of piperidine rings is 1. The second-order valence-corrected chi connectivity index (χ2v) is 8.70. The lowest BCUT2D eigenvalue weighted by molar-refractivity contribution is -0.169. The van der Waals surface area contributed by atoms with Gasteiger partial charge in [-0.1, -0.05) is 0 Å². The number of carbonyl (C=O) groups is 1. The molecule has 0 saturated carbocycles. The average molecular weight is 397 g/mol. The van der Waals surface area contributed by atoms with Gasteiger partial charge in [-0.25, -0.2) is 9.78 Å². The van der Waals surface area contributed by atoms with Gasteiger partial charge in [0.25, 0.3) is 0 Å². The topological polar surface area (TPSA) is 115 Å². The van der Waals surface area contributed by atoms with Gasteiger partial charge in [0.1, 0.15) is 15.5 Å². The molecule has 2 aromatic rings. The van der Waals surface area contributed by atoms with Crippen LogP contribution >= 0.6 is 11.3 Å². The molecule has 0 aromatic carbocycles. The van der Waals surface area contributed by atoms with Gasteiger partial charge in [0.05, 0.1) is 40.0 Å². The number of nitrogens with zero attached hydrogens (tertiary/aromatic N) is 2. The molecule has 26 heavy (non-hydrogen) atoms. The molecule has 10 heteroatoms. The third kappa shape index (κ3) is 2.86. The Morgan fingerprint density at radius 3 is 2.62 bits per heavy atom. The number of nitrogens with two attached hydrogens (primary N) is 1. The molecule has 2 fully saturated rings. The summed E-state index contributed by atoms with van der Waals surface area (Å²) in [6.45, 7) is 2.63. The van der Waals surface area contributed by atoms with Crippen molar-refractivity contribution in [2.45, 2.75) is 23.5 Å². The summed E-state index contributed by atoms with van der Waals surface area (Å²) in [6.07, 6.45) is 3.01. The van der Waals surface area contributed by atoms with E-state index in [1.807, 2.05) is 0 Å². The first-order chi connectivity index (χ1) is 12.4. The van der Waals surface area contributed by atoms with Gasteiger partial charge in [0.15, 0.2) is 5.79 Å². The van der Waals surface area contributed by atoms with Crippen molar-refractivity contribution in [3.63, 3.8) is 0 Å². The molecule has 1 spiro atoms. The lowest BCUT2D eigenvalue weighted by atomic mass is 10.0. The number of carboxylic acids is 1. The maximum Gasteiger partial charge on any atom is 0.348 e. The van der Waals surface area contributed by atoms with Gasteiger partial charge in [-0.15, -0.1) is 11.3 Å². The van der Waals surface area contributed by atoms with Crippen molar-refractivity contribution >= 4 is 49.8 Å². The van der Waals surface area contributed by atoms with E-state index in [2.05, 4.69) is 9.88 Å². The Hall–Kier alpha value is -1.75. The molecule has 1 unspecified atom stereocenters. The highest BCUT2D eigenvalue weighted by Crippen LogP contribution is 2.39. The van der Waals surface area contributed by atoms with Crippen molar-refractivity contribution < 1.29 is 23.6 Å². The number of aromatic nitrogens is 1. The van der Waals surface area contributed by atoms with Crippen LogP contribution in [0.2, 0.25) is 0 Å². The Morgan fingerprint density at radius 2 is 2.04 bits per heavy atom. The number of anilines is 2. The highest BCUT2D eigenvalue weighted by molar-refractivity contribution is 7.84. The summed E-state index contributed by atoms with van der Waals surface area (Å²) in [5.41, 5.74) is 6.13. The third-order valence-electron chi connectivity index (χ3n) is 4.82. The molecule has 140 valence electrons. The average Bonchev–Trinajstić information content (AvgIpc) is 3.20. The number of pyridine rings is 1. The molecule has 2 aliphatic rings. The van der Waals surface area contributed by atoms with Gasteiger partial charge < -0.3 is 25.2 Å². The van der Waals surface area contributed by atoms with Crippen LogP contribution in [-0.2, 0) is 20.3 Å². The van der Waals surface area contributed by atoms with E-state index in [0.717, 1.165) is 24.2 Å². The predicted molar refractivity (Wildman–Crippen MR) is 99.4 cm³/mol. The van der Waals surface area contributed by atoms with Gasteiger partial charge in [0.2, 0.25) is 0 Å². The van der Waals surface area contributed by atoms with Crippen molar-refractivity contribution in [3.8, 4) is 0 Å². The first-order valence-corrected chi connectivity index (χ1v) is 10.6. The van der Waals surface area contributed by atoms with Crippen LogP contribution in [0.1, 0.15) is 22.5 Å². The highest BCUT2D eigenvalue weighted by Gasteiger charge is 2.40. The largest absolute Gasteiger partial charge is 0.477 e. The molecule has 0 bridgehead atoms. The molecule has 2 saturated heterocycles. The van der Waals surface area contributed by atoms with E-state index in [4.69, 9.17) is 15.2 Å². The molecule has 0 aliphatic carbocycles. The van der Waals surface area contributed by atoms with E-state index in [0.29, 0.717) is 47.2 Å². The summed E-state index contributed by atoms with van der Waals surface area (Å²) < 4.78 is 23.7. The zero-order valence-electron chi connectivity index (χ0n) is 14.2. The number of fused-ring (bicyclic) bond motifs is 1. The molecule has 2 aromatic heterocycles. The van der Waals surface area contributed by atoms with Crippen molar-refractivity contribution in [1.29, 1.82) is 0 Å². The van der Waals surface area contributed by atoms with Crippen molar-refractivity contribution in [1.82, 2.24) is 4.98 Å². The summed E-state index contributed by atoms with van der Waals surface area (Å²) in [6, 6.07) is 1.75. The lowest BCUT2D eigenvalue weighted by Gasteiger charge is -2.38. The number of hydrogen-bond donors (Lipinski definition) is 2. The normalized spacial score (nSPS) is 20.7. The van der Waals surface area contributed by atoms with Gasteiger partial charge in [0, 0.05) is 32.2 Å². The van der Waals surface area contributed by atoms with E-state index in [9.17, 15) is 14.1 Å². The zero-order valence-corrected chi connectivity index (χ0v) is 15.8. The van der Waals surface area contributed by atoms with Gasteiger partial charge in [-0.3, -0.25) is 4.21 Å². The SMILES string of the molecule is CS(=O)c1cc(N2CCC3(CC2)OCCO3)nc2sc(C(=O)O)c(N)c12. The number of ether oxygens (including phenoxy) is 2. The van der Waals surface area contributed by atoms with Crippen LogP contribution in [0, 0.1) is 0 Å². The van der Waals surface area contributed by atoms with Crippen molar-refractivity contribution in [3.05, 3.63) is 10.9 Å². The number of nitrogen functional groups attached to an aromatic ring is 1. The van der Waals surface area contributed by atoms with Crippen molar-refractivity contribution in [2.24, 2.45) is 0 Å². The van der Waals surface area contributed by atoms with E-state index in [-0.39, 0.29) is 10.6 Å². The van der Waals surface area contributed by atoms with Crippen LogP contribution in [-0.4, -0.2) is 58.6 Å². The molecule has 3 N–H and O–H groups in total. The first kappa shape index (κ1) is 17.7. The molecule has 0 radical (unpaired) electrons. The second-order valence-electron chi connectivity index (χ2n) is 6.36. The number of hydrogen-bond acceptors (Lipinski definition) is 8. The summed E-state index contributed by atoms with van der Waals surface area (Å²) in [4.78, 5) is 19.1. The molecule has 4 heterocycles. The Balaban J connectivity index is 1.72. The van der Waals surface area contributed by atoms with Gasteiger partial charge >= 0.3 is 5.97 Å². The summed E-state index contributed by atoms with van der Waals surface area (Å²) in [5.74, 6) is -0.912. The number of rotatable bonds is 3. The molecule has 4 rings (SSSR count). The molecule has 1 atom stereocenters. The van der Waals surface area contributed by atoms with Crippen LogP contribution in [0.15, 0.2) is 11.0 Å². The minimum Gasteiger partial charge on any atom is -0.477 e. The molecule has 8 nitrogen and oxygen atoms in total. The number of thiophene rings is 1. The smallest absolute Gasteiger partial charge is 0.348 e. The molecular weight excluding hydrogens is 378 g/mol. The maximum atomic E-state index is 12.3. The second kappa shape index (κ2) is 6.45. The van der Waals surface area contributed by atoms with Crippen LogP contribution in [0.3, 0.4) is 0 Å². The minimum absolute atomic E-state index is 0.0294. The standard InChI is InChI=1S/C16H19N3O5S2/c1-26(22)9-8-10(18-14-11(9)12(17)13(25-14)15(20)21)19-4-2-16(3-5-19)23-6-7-24-16/h8H,2-7,17H2,1H3,(H,20,21). The fraction of sp³-hybridized carbons (Fsp3) is 0.500. The van der Waals surface area contributed by atoms with E-state index < -0.39 is 22.6 Å². The summed E-state index contributed by atoms with van der Waals surface area (Å²) in [7, 11) is -1.32. The Kier molecular flexibility index (Phi) is 4.38. The number of carboxylic acid groups (broad SMARTS) is 1. The third-order valence-corrected chi connectivity index (χ3v) is 6.84. The highest BCUT2D eigenvalue weighted by atomic mass is 32.2. The Morgan fingerprint density at radius 1 is 1.38 bits per heavy atom. The van der Waals surface area contributed by atoms with Crippen molar-refractivity contribution in [2.75, 3.05) is 43.2 Å². The van der Waals surface area contributed by atoms with Crippen LogP contribution in [0.5, 0.6) is 0 Å². The fourth-order valence-corrected chi connectivity index (χ4v) is 5.27. The number of aromatic carboxylic acids is 1. The first-order valence-electron chi connectivity index (χ1n) is 8.23. The molecule has 0 amide bonds. The molecule has 2 aliphatic heterocycles. The minimum atomic E-state index is -1.32. The monoisotopic (exact) mass is 397 g/mol. The maximum absolute atomic E-state index is 12.3. The Bertz CT molecular complexity index is 897. The van der Waals surface area contributed by atoms with E-state index >= 15 is 0 Å². The van der Waals surface area contributed by atoms with Gasteiger partial charge in [-0.05, 0) is 6.07 Å². The zero-order chi connectivity index (χ0) is 18.5. The summed E-state index contributed by atoms with van der Waals surface area (Å²) >= 11 is 1.01. The van der Waals surface area contributed by atoms with Crippen LogP contribution < -0.4 is 10.6 Å². The van der Waals surface area contributed by atoms with Gasteiger partial charge in [-0.2, -0.15) is 0 Å². The van der Waals surface area contributed by atoms with E-state index in [1.165, 1.54) is 0 Å². The lowest BCUT2D eigenvalue weighted by Crippen LogP contribution is -2.45. The van der Waals surface area contributed by atoms with E-state index in [1.54, 1.807) is 12.3 Å². The predicted octanol–water partition coefficient (Wildman–Crippen LogP) is 1.66.